The van der Waals surface area contributed by atoms with E-state index in [0.717, 1.165) is 27.3 Å². The predicted octanol–water partition coefficient (Wildman–Crippen LogP) is 1.63. The molecule has 0 spiro atoms. The molecule has 104 valence electrons. The van der Waals surface area contributed by atoms with Crippen molar-refractivity contribution in [3.8, 4) is 0 Å². The molecule has 0 fully saturated rings. The fourth-order valence-corrected chi connectivity index (χ4v) is 2.82. The topological polar surface area (TPSA) is 93.7 Å². The third kappa shape index (κ3) is 2.30. The number of nitrogens with two attached hydrogens (primary N) is 1. The van der Waals surface area contributed by atoms with Gasteiger partial charge in [0.1, 0.15) is 10.6 Å². The monoisotopic (exact) mass is 289 g/mol. The third-order valence-electron chi connectivity index (χ3n) is 3.02. The van der Waals surface area contributed by atoms with E-state index in [2.05, 4.69) is 25.8 Å². The van der Waals surface area contributed by atoms with Crippen LogP contribution in [0.5, 0.6) is 0 Å². The van der Waals surface area contributed by atoms with Crippen LogP contribution in [0.15, 0.2) is 17.6 Å². The van der Waals surface area contributed by atoms with Crippen molar-refractivity contribution in [2.45, 2.75) is 13.5 Å². The average molecular weight is 289 g/mol. The summed E-state index contributed by atoms with van der Waals surface area (Å²) >= 11 is 1.56. The van der Waals surface area contributed by atoms with Gasteiger partial charge in [-0.05, 0) is 18.4 Å². The van der Waals surface area contributed by atoms with Crippen LogP contribution in [0.3, 0.4) is 0 Å². The van der Waals surface area contributed by atoms with Crippen LogP contribution >= 0.6 is 11.3 Å². The van der Waals surface area contributed by atoms with Crippen LogP contribution in [0.4, 0.5) is 11.8 Å². The van der Waals surface area contributed by atoms with E-state index in [1.165, 1.54) is 0 Å². The molecule has 7 nitrogen and oxygen atoms in total. The summed E-state index contributed by atoms with van der Waals surface area (Å²) < 4.78 is 1.80. The first-order valence-electron chi connectivity index (χ1n) is 6.12. The van der Waals surface area contributed by atoms with E-state index in [-0.39, 0.29) is 0 Å². The second kappa shape index (κ2) is 5.06. The van der Waals surface area contributed by atoms with Gasteiger partial charge in [-0.2, -0.15) is 10.1 Å². The van der Waals surface area contributed by atoms with Crippen LogP contribution in [0.25, 0.3) is 10.2 Å². The first-order valence-corrected chi connectivity index (χ1v) is 7.00. The second-order valence-corrected chi connectivity index (χ2v) is 5.34. The number of thiophene rings is 1. The zero-order chi connectivity index (χ0) is 14.1. The van der Waals surface area contributed by atoms with Gasteiger partial charge < -0.3 is 5.32 Å². The molecule has 0 amide bonds. The molecular formula is C12H15N7S. The standard InChI is InChI=1S/C12H15N7S/c1-7-8(6-19(2)18-7)5-14-10-9-3-4-20-11(9)16-12(15-10)17-13/h3-4,6H,5,13H2,1-2H3,(H2,14,15,16,17). The molecule has 3 heterocycles. The second-order valence-electron chi connectivity index (χ2n) is 4.45. The summed E-state index contributed by atoms with van der Waals surface area (Å²) in [5, 5.41) is 10.6. The van der Waals surface area contributed by atoms with Gasteiger partial charge in [-0.1, -0.05) is 0 Å². The molecule has 20 heavy (non-hydrogen) atoms. The van der Waals surface area contributed by atoms with Gasteiger partial charge in [0.2, 0.25) is 5.95 Å². The molecule has 3 rings (SSSR count). The predicted molar refractivity (Wildman–Crippen MR) is 80.5 cm³/mol. The number of hydrazine groups is 1. The number of nitrogens with zero attached hydrogens (tertiary/aromatic N) is 4. The fraction of sp³-hybridized carbons (Fsp3) is 0.250. The SMILES string of the molecule is Cc1nn(C)cc1CNc1nc(NN)nc2sccc12. The average Bonchev–Trinajstić information content (AvgIpc) is 3.02. The third-order valence-corrected chi connectivity index (χ3v) is 3.82. The molecule has 3 aromatic rings. The molecule has 0 radical (unpaired) electrons. The van der Waals surface area contributed by atoms with Gasteiger partial charge in [0.25, 0.3) is 0 Å². The summed E-state index contributed by atoms with van der Waals surface area (Å²) in [6.07, 6.45) is 2.00. The Kier molecular flexibility index (Phi) is 3.25. The van der Waals surface area contributed by atoms with Crippen molar-refractivity contribution in [1.82, 2.24) is 19.7 Å². The van der Waals surface area contributed by atoms with E-state index in [0.29, 0.717) is 12.5 Å². The van der Waals surface area contributed by atoms with Crippen LogP contribution in [-0.4, -0.2) is 19.7 Å². The fourth-order valence-electron chi connectivity index (χ4n) is 2.06. The van der Waals surface area contributed by atoms with Crippen LogP contribution in [0.2, 0.25) is 0 Å². The van der Waals surface area contributed by atoms with Gasteiger partial charge >= 0.3 is 0 Å². The summed E-state index contributed by atoms with van der Waals surface area (Å²) in [5.74, 6) is 6.58. The molecule has 4 N–H and O–H groups in total. The van der Waals surface area contributed by atoms with Crippen LogP contribution in [0.1, 0.15) is 11.3 Å². The van der Waals surface area contributed by atoms with E-state index in [9.17, 15) is 0 Å². The van der Waals surface area contributed by atoms with Gasteiger partial charge in [0, 0.05) is 25.4 Å². The Bertz CT molecular complexity index is 745. The van der Waals surface area contributed by atoms with Crippen molar-refractivity contribution in [3.05, 3.63) is 28.9 Å². The lowest BCUT2D eigenvalue weighted by atomic mass is 10.2. The Morgan fingerprint density at radius 2 is 2.25 bits per heavy atom. The van der Waals surface area contributed by atoms with Crippen LogP contribution < -0.4 is 16.6 Å². The van der Waals surface area contributed by atoms with Crippen molar-refractivity contribution in [2.24, 2.45) is 12.9 Å². The van der Waals surface area contributed by atoms with Crippen LogP contribution in [0, 0.1) is 6.92 Å². The summed E-state index contributed by atoms with van der Waals surface area (Å²) in [6, 6.07) is 2.00. The minimum absolute atomic E-state index is 0.408. The number of aryl methyl sites for hydroxylation is 2. The largest absolute Gasteiger partial charge is 0.365 e. The zero-order valence-corrected chi connectivity index (χ0v) is 12.0. The molecule has 0 unspecified atom stereocenters. The lowest BCUT2D eigenvalue weighted by Gasteiger charge is -2.07. The van der Waals surface area contributed by atoms with Crippen molar-refractivity contribution in [3.63, 3.8) is 0 Å². The van der Waals surface area contributed by atoms with Crippen molar-refractivity contribution in [1.29, 1.82) is 0 Å². The van der Waals surface area contributed by atoms with Crippen LogP contribution in [-0.2, 0) is 13.6 Å². The Morgan fingerprint density at radius 3 is 2.95 bits per heavy atom. The lowest BCUT2D eigenvalue weighted by Crippen LogP contribution is -2.12. The number of anilines is 2. The van der Waals surface area contributed by atoms with Gasteiger partial charge in [0.15, 0.2) is 0 Å². The maximum absolute atomic E-state index is 5.40. The first-order chi connectivity index (χ1) is 9.67. The quantitative estimate of drug-likeness (QED) is 0.499. The van der Waals surface area contributed by atoms with Crippen molar-refractivity contribution in [2.75, 3.05) is 10.7 Å². The maximum Gasteiger partial charge on any atom is 0.240 e. The number of nitrogens with one attached hydrogen (secondary N) is 2. The molecule has 0 bridgehead atoms. The highest BCUT2D eigenvalue weighted by molar-refractivity contribution is 7.16. The summed E-state index contributed by atoms with van der Waals surface area (Å²) in [5.41, 5.74) is 4.63. The highest BCUT2D eigenvalue weighted by Gasteiger charge is 2.09. The van der Waals surface area contributed by atoms with Gasteiger partial charge in [-0.3, -0.25) is 10.1 Å². The number of rotatable bonds is 4. The minimum Gasteiger partial charge on any atom is -0.365 e. The molecule has 0 aliphatic carbocycles. The molecular weight excluding hydrogens is 274 g/mol. The number of hydrogen-bond donors (Lipinski definition) is 3. The Labute approximate surface area is 119 Å². The molecule has 8 heteroatoms. The molecule has 3 aromatic heterocycles. The maximum atomic E-state index is 5.40. The minimum atomic E-state index is 0.408. The first kappa shape index (κ1) is 12.8. The van der Waals surface area contributed by atoms with E-state index >= 15 is 0 Å². The van der Waals surface area contributed by atoms with Gasteiger partial charge in [-0.15, -0.1) is 11.3 Å². The van der Waals surface area contributed by atoms with Crippen molar-refractivity contribution < 1.29 is 0 Å². The van der Waals surface area contributed by atoms with E-state index in [1.54, 1.807) is 16.0 Å². The molecule has 0 atom stereocenters. The molecule has 0 aliphatic rings. The molecule has 0 aliphatic heterocycles. The normalized spacial score (nSPS) is 10.9. The number of fused-ring (bicyclic) bond motifs is 1. The number of aromatic nitrogens is 4. The summed E-state index contributed by atoms with van der Waals surface area (Å²) in [7, 11) is 1.91. The Balaban J connectivity index is 1.90. The van der Waals surface area contributed by atoms with Crippen molar-refractivity contribution >= 4 is 33.3 Å². The summed E-state index contributed by atoms with van der Waals surface area (Å²) in [6.45, 7) is 2.65. The van der Waals surface area contributed by atoms with Gasteiger partial charge in [0.05, 0.1) is 11.1 Å². The summed E-state index contributed by atoms with van der Waals surface area (Å²) in [4.78, 5) is 9.57. The van der Waals surface area contributed by atoms with Gasteiger partial charge in [-0.25, -0.2) is 10.8 Å². The highest BCUT2D eigenvalue weighted by Crippen LogP contribution is 2.26. The highest BCUT2D eigenvalue weighted by atomic mass is 32.1. The smallest absolute Gasteiger partial charge is 0.240 e. The van der Waals surface area contributed by atoms with E-state index in [1.807, 2.05) is 31.6 Å². The lowest BCUT2D eigenvalue weighted by molar-refractivity contribution is 0.756. The number of nitrogen functional groups attached to an aromatic ring is 1. The Hall–Kier alpha value is -2.19. The van der Waals surface area contributed by atoms with E-state index in [4.69, 9.17) is 5.84 Å². The molecule has 0 aromatic carbocycles. The number of hydrogen-bond acceptors (Lipinski definition) is 7. The Morgan fingerprint density at radius 1 is 1.40 bits per heavy atom. The zero-order valence-electron chi connectivity index (χ0n) is 11.2. The molecule has 0 saturated carbocycles. The van der Waals surface area contributed by atoms with E-state index < -0.39 is 0 Å². The molecule has 0 saturated heterocycles.